The molecule has 74 valence electrons. The average Bonchev–Trinajstić information content (AvgIpc) is 2.18. The first-order valence-corrected chi connectivity index (χ1v) is 5.05. The Kier molecular flexibility index (Phi) is 2.44. The van der Waals surface area contributed by atoms with E-state index in [0.29, 0.717) is 0 Å². The predicted octanol–water partition coefficient (Wildman–Crippen LogP) is 2.21. The molecule has 1 heterocycles. The van der Waals surface area contributed by atoms with Crippen LogP contribution in [0.3, 0.4) is 0 Å². The van der Waals surface area contributed by atoms with Gasteiger partial charge in [0.15, 0.2) is 0 Å². The number of rotatable bonds is 2. The lowest BCUT2D eigenvalue weighted by Crippen LogP contribution is -2.29. The number of benzene rings is 1. The van der Waals surface area contributed by atoms with Crippen LogP contribution >= 0.6 is 0 Å². The van der Waals surface area contributed by atoms with Crippen LogP contribution in [0.5, 0.6) is 0 Å². The molecule has 2 nitrogen and oxygen atoms in total. The average molecular weight is 188 g/mol. The number of anilines is 2. The molecule has 0 aliphatic carbocycles. The monoisotopic (exact) mass is 188 g/mol. The molecule has 2 rings (SSSR count). The molecule has 14 heavy (non-hydrogen) atoms. The number of nitrogens with two attached hydrogens (primary N) is 1. The Hall–Kier alpha value is -1.44. The SMILES string of the molecule is C=CCN1CCCc2cc(N)ccc21. The molecule has 0 aromatic heterocycles. The van der Waals surface area contributed by atoms with Crippen molar-refractivity contribution in [3.05, 3.63) is 36.4 Å². The highest BCUT2D eigenvalue weighted by atomic mass is 15.1. The molecule has 2 heteroatoms. The fourth-order valence-electron chi connectivity index (χ4n) is 2.04. The van der Waals surface area contributed by atoms with Crippen molar-refractivity contribution in [1.29, 1.82) is 0 Å². The lowest BCUT2D eigenvalue weighted by Gasteiger charge is -2.30. The van der Waals surface area contributed by atoms with Gasteiger partial charge in [0, 0.05) is 24.5 Å². The van der Waals surface area contributed by atoms with Crippen LogP contribution in [0, 0.1) is 0 Å². The van der Waals surface area contributed by atoms with Crippen LogP contribution in [0.25, 0.3) is 0 Å². The largest absolute Gasteiger partial charge is 0.399 e. The number of fused-ring (bicyclic) bond motifs is 1. The Labute approximate surface area is 85.0 Å². The van der Waals surface area contributed by atoms with Crippen LogP contribution in [-0.2, 0) is 6.42 Å². The summed E-state index contributed by atoms with van der Waals surface area (Å²) >= 11 is 0. The highest BCUT2D eigenvalue weighted by Crippen LogP contribution is 2.28. The van der Waals surface area contributed by atoms with Gasteiger partial charge in [-0.3, -0.25) is 0 Å². The van der Waals surface area contributed by atoms with Gasteiger partial charge in [-0.1, -0.05) is 6.08 Å². The van der Waals surface area contributed by atoms with Crippen LogP contribution in [0.4, 0.5) is 11.4 Å². The van der Waals surface area contributed by atoms with Crippen molar-refractivity contribution in [3.63, 3.8) is 0 Å². The fraction of sp³-hybridized carbons (Fsp3) is 0.333. The molecule has 0 saturated carbocycles. The maximum atomic E-state index is 5.76. The Balaban J connectivity index is 2.34. The van der Waals surface area contributed by atoms with Gasteiger partial charge < -0.3 is 10.6 Å². The van der Waals surface area contributed by atoms with Crippen molar-refractivity contribution >= 4 is 11.4 Å². The van der Waals surface area contributed by atoms with Gasteiger partial charge in [0.1, 0.15) is 0 Å². The van der Waals surface area contributed by atoms with E-state index < -0.39 is 0 Å². The molecule has 0 saturated heterocycles. The van der Waals surface area contributed by atoms with Crippen molar-refractivity contribution in [3.8, 4) is 0 Å². The van der Waals surface area contributed by atoms with Crippen molar-refractivity contribution in [1.82, 2.24) is 0 Å². The number of aryl methyl sites for hydroxylation is 1. The van der Waals surface area contributed by atoms with E-state index >= 15 is 0 Å². The van der Waals surface area contributed by atoms with Gasteiger partial charge in [0.05, 0.1) is 0 Å². The second-order valence-electron chi connectivity index (χ2n) is 3.73. The fourth-order valence-corrected chi connectivity index (χ4v) is 2.04. The van der Waals surface area contributed by atoms with E-state index in [-0.39, 0.29) is 0 Å². The van der Waals surface area contributed by atoms with Crippen LogP contribution in [0.2, 0.25) is 0 Å². The quantitative estimate of drug-likeness (QED) is 0.569. The van der Waals surface area contributed by atoms with Crippen LogP contribution in [0.15, 0.2) is 30.9 Å². The summed E-state index contributed by atoms with van der Waals surface area (Å²) in [5.74, 6) is 0. The zero-order valence-electron chi connectivity index (χ0n) is 8.37. The highest BCUT2D eigenvalue weighted by Gasteiger charge is 2.15. The number of nitrogens with zero attached hydrogens (tertiary/aromatic N) is 1. The first kappa shape index (κ1) is 9.13. The molecule has 0 radical (unpaired) electrons. The summed E-state index contributed by atoms with van der Waals surface area (Å²) in [5, 5.41) is 0. The van der Waals surface area contributed by atoms with Gasteiger partial charge >= 0.3 is 0 Å². The summed E-state index contributed by atoms with van der Waals surface area (Å²) < 4.78 is 0. The molecule has 0 unspecified atom stereocenters. The van der Waals surface area contributed by atoms with Gasteiger partial charge in [0.25, 0.3) is 0 Å². The normalized spacial score (nSPS) is 15.0. The minimum absolute atomic E-state index is 0.865. The lowest BCUT2D eigenvalue weighted by molar-refractivity contribution is 0.723. The van der Waals surface area contributed by atoms with Crippen molar-refractivity contribution in [2.45, 2.75) is 12.8 Å². The Morgan fingerprint density at radius 1 is 1.50 bits per heavy atom. The molecule has 1 aliphatic heterocycles. The second kappa shape index (κ2) is 3.74. The van der Waals surface area contributed by atoms with Crippen molar-refractivity contribution < 1.29 is 0 Å². The first-order chi connectivity index (χ1) is 6.81. The van der Waals surface area contributed by atoms with E-state index in [4.69, 9.17) is 5.73 Å². The Bertz CT molecular complexity index is 344. The molecule has 0 atom stereocenters. The van der Waals surface area contributed by atoms with E-state index in [1.807, 2.05) is 12.1 Å². The minimum atomic E-state index is 0.865. The molecule has 1 aromatic rings. The molecule has 1 aliphatic rings. The molecule has 0 bridgehead atoms. The van der Waals surface area contributed by atoms with E-state index in [1.54, 1.807) is 0 Å². The third-order valence-corrected chi connectivity index (χ3v) is 2.67. The third kappa shape index (κ3) is 1.60. The van der Waals surface area contributed by atoms with Crippen LogP contribution < -0.4 is 10.6 Å². The summed E-state index contributed by atoms with van der Waals surface area (Å²) in [6.45, 7) is 5.83. The van der Waals surface area contributed by atoms with Gasteiger partial charge in [0.2, 0.25) is 0 Å². The predicted molar refractivity (Wildman–Crippen MR) is 61.6 cm³/mol. The third-order valence-electron chi connectivity index (χ3n) is 2.67. The Morgan fingerprint density at radius 3 is 3.14 bits per heavy atom. The summed E-state index contributed by atoms with van der Waals surface area (Å²) in [4.78, 5) is 2.35. The molecule has 0 spiro atoms. The van der Waals surface area contributed by atoms with E-state index in [9.17, 15) is 0 Å². The first-order valence-electron chi connectivity index (χ1n) is 5.05. The maximum Gasteiger partial charge on any atom is 0.0403 e. The molecule has 2 N–H and O–H groups in total. The summed E-state index contributed by atoms with van der Waals surface area (Å²) in [6.07, 6.45) is 4.31. The summed E-state index contributed by atoms with van der Waals surface area (Å²) in [7, 11) is 0. The van der Waals surface area contributed by atoms with Crippen molar-refractivity contribution in [2.24, 2.45) is 0 Å². The van der Waals surface area contributed by atoms with Crippen LogP contribution in [0.1, 0.15) is 12.0 Å². The Morgan fingerprint density at radius 2 is 2.36 bits per heavy atom. The molecular formula is C12H16N2. The molecule has 1 aromatic carbocycles. The zero-order valence-corrected chi connectivity index (χ0v) is 8.37. The molecule has 0 fully saturated rings. The van der Waals surface area contributed by atoms with Gasteiger partial charge in [-0.25, -0.2) is 0 Å². The van der Waals surface area contributed by atoms with Crippen LogP contribution in [-0.4, -0.2) is 13.1 Å². The second-order valence-corrected chi connectivity index (χ2v) is 3.73. The van der Waals surface area contributed by atoms with Gasteiger partial charge in [-0.05, 0) is 36.6 Å². The van der Waals surface area contributed by atoms with Gasteiger partial charge in [-0.15, -0.1) is 6.58 Å². The van der Waals surface area contributed by atoms with E-state index in [1.165, 1.54) is 17.7 Å². The number of nitrogen functional groups attached to an aromatic ring is 1. The van der Waals surface area contributed by atoms with Crippen molar-refractivity contribution in [2.75, 3.05) is 23.7 Å². The van der Waals surface area contributed by atoms with E-state index in [0.717, 1.165) is 25.2 Å². The molecule has 0 amide bonds. The molecular weight excluding hydrogens is 172 g/mol. The van der Waals surface area contributed by atoms with Gasteiger partial charge in [-0.2, -0.15) is 0 Å². The standard InChI is InChI=1S/C12H16N2/c1-2-7-14-8-3-4-10-9-11(13)5-6-12(10)14/h2,5-6,9H,1,3-4,7-8,13H2. The number of hydrogen-bond donors (Lipinski definition) is 1. The topological polar surface area (TPSA) is 29.3 Å². The van der Waals surface area contributed by atoms with E-state index in [2.05, 4.69) is 23.6 Å². The summed E-state index contributed by atoms with van der Waals surface area (Å²) in [6, 6.07) is 6.18. The summed E-state index contributed by atoms with van der Waals surface area (Å²) in [5.41, 5.74) is 9.33. The maximum absolute atomic E-state index is 5.76. The smallest absolute Gasteiger partial charge is 0.0403 e. The minimum Gasteiger partial charge on any atom is -0.399 e. The zero-order chi connectivity index (χ0) is 9.97. The lowest BCUT2D eigenvalue weighted by atomic mass is 10.0. The number of hydrogen-bond acceptors (Lipinski definition) is 2. The highest BCUT2D eigenvalue weighted by molar-refractivity contribution is 5.61.